The number of rotatable bonds is 5. The van der Waals surface area contributed by atoms with E-state index in [1.165, 1.54) is 6.92 Å². The predicted octanol–water partition coefficient (Wildman–Crippen LogP) is 8.08. The third-order valence-corrected chi connectivity index (χ3v) is 8.77. The molecule has 0 bridgehead atoms. The number of ketones is 1. The summed E-state index contributed by atoms with van der Waals surface area (Å²) in [6.07, 6.45) is 1.07. The highest BCUT2D eigenvalue weighted by atomic mass is 19.4. The van der Waals surface area contributed by atoms with E-state index in [0.29, 0.717) is 18.4 Å². The Morgan fingerprint density at radius 3 is 2.49 bits per heavy atom. The number of carbonyl (C=O) groups is 1. The molecule has 37 heavy (non-hydrogen) atoms. The maximum absolute atomic E-state index is 14.1. The number of benzene rings is 2. The molecule has 2 nitrogen and oxygen atoms in total. The van der Waals surface area contributed by atoms with E-state index in [4.69, 9.17) is 0 Å². The number of aryl methyl sites for hydroxylation is 1. The third kappa shape index (κ3) is 4.54. The van der Waals surface area contributed by atoms with E-state index in [0.717, 1.165) is 33.5 Å². The summed E-state index contributed by atoms with van der Waals surface area (Å²) in [5, 5.41) is 0. The fraction of sp³-hybridized carbons (Fsp3) is 0.375. The Morgan fingerprint density at radius 1 is 1.03 bits per heavy atom. The van der Waals surface area contributed by atoms with Crippen molar-refractivity contribution < 1.29 is 18.0 Å². The van der Waals surface area contributed by atoms with Crippen molar-refractivity contribution in [3.8, 4) is 0 Å². The number of carbonyl (C=O) groups excluding carboxylic acids is 1. The van der Waals surface area contributed by atoms with Crippen molar-refractivity contribution in [2.45, 2.75) is 64.5 Å². The number of pyridine rings is 1. The van der Waals surface area contributed by atoms with Gasteiger partial charge in [-0.2, -0.15) is 13.2 Å². The van der Waals surface area contributed by atoms with Gasteiger partial charge in [0.25, 0.3) is 0 Å². The first-order valence-electron chi connectivity index (χ1n) is 12.9. The highest BCUT2D eigenvalue weighted by molar-refractivity contribution is 5.98. The van der Waals surface area contributed by atoms with Gasteiger partial charge in [0, 0.05) is 29.3 Å². The number of hydrogen-bond acceptors (Lipinski definition) is 2. The van der Waals surface area contributed by atoms with Crippen LogP contribution in [0.25, 0.3) is 5.57 Å². The molecule has 0 saturated heterocycles. The third-order valence-electron chi connectivity index (χ3n) is 8.77. The first-order chi connectivity index (χ1) is 17.5. The van der Waals surface area contributed by atoms with Crippen LogP contribution in [-0.2, 0) is 18.3 Å². The second-order valence-electron chi connectivity index (χ2n) is 11.1. The van der Waals surface area contributed by atoms with Gasteiger partial charge in [-0.05, 0) is 85.4 Å². The van der Waals surface area contributed by atoms with Crippen molar-refractivity contribution in [3.05, 3.63) is 106 Å². The Balaban J connectivity index is 1.56. The summed E-state index contributed by atoms with van der Waals surface area (Å²) < 4.78 is 42.3. The second kappa shape index (κ2) is 9.27. The lowest BCUT2D eigenvalue weighted by Gasteiger charge is -2.53. The lowest BCUT2D eigenvalue weighted by molar-refractivity contribution is -0.235. The average molecular weight is 504 g/mol. The molecule has 1 fully saturated rings. The molecule has 2 aromatic carbocycles. The molecule has 1 aromatic heterocycles. The predicted molar refractivity (Wildman–Crippen MR) is 140 cm³/mol. The summed E-state index contributed by atoms with van der Waals surface area (Å²) in [4.78, 5) is 17.5. The average Bonchev–Trinajstić information content (AvgIpc) is 2.86. The first-order valence-corrected chi connectivity index (χ1v) is 12.9. The summed E-state index contributed by atoms with van der Waals surface area (Å²) in [7, 11) is 0. The van der Waals surface area contributed by atoms with E-state index < -0.39 is 17.0 Å². The van der Waals surface area contributed by atoms with Crippen LogP contribution in [0, 0.1) is 18.3 Å². The molecule has 1 heterocycles. The van der Waals surface area contributed by atoms with Crippen LogP contribution in [0.15, 0.2) is 72.9 Å². The van der Waals surface area contributed by atoms with Crippen molar-refractivity contribution >= 4 is 11.4 Å². The van der Waals surface area contributed by atoms with Gasteiger partial charge >= 0.3 is 6.18 Å². The quantitative estimate of drug-likeness (QED) is 0.330. The molecule has 3 atom stereocenters. The minimum atomic E-state index is -4.24. The molecular weight excluding hydrogens is 471 g/mol. The van der Waals surface area contributed by atoms with Crippen molar-refractivity contribution in [1.82, 2.24) is 4.98 Å². The molecule has 0 radical (unpaired) electrons. The molecule has 0 N–H and O–H groups in total. The highest BCUT2D eigenvalue weighted by Crippen LogP contribution is 2.60. The van der Waals surface area contributed by atoms with E-state index in [9.17, 15) is 18.0 Å². The van der Waals surface area contributed by atoms with Gasteiger partial charge in [-0.15, -0.1) is 0 Å². The summed E-state index contributed by atoms with van der Waals surface area (Å²) in [6.45, 7) is 5.23. The van der Waals surface area contributed by atoms with Gasteiger partial charge in [-0.3, -0.25) is 9.78 Å². The van der Waals surface area contributed by atoms with Crippen LogP contribution in [-0.4, -0.2) is 16.9 Å². The molecule has 0 spiro atoms. The Bertz CT molecular complexity index is 1360. The SMILES string of the molecule is CC1=C[C@@H]2C[C@@](C)(C(F)(F)F)CC[C@@]2(Cc2ccccc2)c2ccc(C(=O)Cc3cccnc3C)cc21. The number of alkyl halides is 3. The molecule has 0 unspecified atom stereocenters. The largest absolute Gasteiger partial charge is 0.394 e. The Hall–Kier alpha value is -3.21. The summed E-state index contributed by atoms with van der Waals surface area (Å²) in [5.74, 6) is -0.223. The maximum atomic E-state index is 14.1. The van der Waals surface area contributed by atoms with Crippen LogP contribution in [0.1, 0.15) is 71.4 Å². The van der Waals surface area contributed by atoms with E-state index >= 15 is 0 Å². The Labute approximate surface area is 216 Å². The van der Waals surface area contributed by atoms with Gasteiger partial charge in [-0.1, -0.05) is 61.5 Å². The molecule has 5 heteroatoms. The molecule has 3 aromatic rings. The van der Waals surface area contributed by atoms with Gasteiger partial charge in [0.1, 0.15) is 0 Å². The zero-order valence-electron chi connectivity index (χ0n) is 21.5. The number of aromatic nitrogens is 1. The molecular formula is C32H32F3NO. The van der Waals surface area contributed by atoms with Crippen molar-refractivity contribution in [3.63, 3.8) is 0 Å². The smallest absolute Gasteiger partial charge is 0.294 e. The molecule has 2 aliphatic rings. The van der Waals surface area contributed by atoms with E-state index in [2.05, 4.69) is 17.1 Å². The Kier molecular flexibility index (Phi) is 6.37. The molecule has 5 rings (SSSR count). The van der Waals surface area contributed by atoms with Crippen LogP contribution >= 0.6 is 0 Å². The highest BCUT2D eigenvalue weighted by Gasteiger charge is 2.59. The minimum absolute atomic E-state index is 0.0132. The maximum Gasteiger partial charge on any atom is 0.394 e. The standard InChI is InChI=1S/C32H32F3NO/c1-21-16-26-20-30(3,32(33,34)35)13-14-31(26,19-23-8-5-4-6-9-23)28-12-11-25(17-27(21)28)29(37)18-24-10-7-15-36-22(24)2/h4-12,15-17,26H,13-14,18-20H2,1-3H3/t26-,30+,31+/m1/s1. The van der Waals surface area contributed by atoms with Gasteiger partial charge in [-0.25, -0.2) is 0 Å². The molecule has 0 aliphatic heterocycles. The molecule has 192 valence electrons. The number of halogens is 3. The van der Waals surface area contributed by atoms with Crippen LogP contribution < -0.4 is 0 Å². The van der Waals surface area contributed by atoms with Crippen molar-refractivity contribution in [2.24, 2.45) is 11.3 Å². The number of hydrogen-bond donors (Lipinski definition) is 0. The van der Waals surface area contributed by atoms with E-state index in [1.54, 1.807) is 6.20 Å². The number of nitrogens with zero attached hydrogens (tertiary/aromatic N) is 1. The topological polar surface area (TPSA) is 30.0 Å². The zero-order chi connectivity index (χ0) is 26.4. The van der Waals surface area contributed by atoms with Crippen LogP contribution in [0.3, 0.4) is 0 Å². The zero-order valence-corrected chi connectivity index (χ0v) is 21.5. The van der Waals surface area contributed by atoms with E-state index in [-0.39, 0.29) is 31.0 Å². The lowest BCUT2D eigenvalue weighted by Crippen LogP contribution is -2.50. The summed E-state index contributed by atoms with van der Waals surface area (Å²) in [5.41, 5.74) is 4.33. The van der Waals surface area contributed by atoms with E-state index in [1.807, 2.05) is 68.5 Å². The number of Topliss-reactive ketones (excluding diaryl/α,β-unsaturated/α-hetero) is 1. The monoisotopic (exact) mass is 503 g/mol. The van der Waals surface area contributed by atoms with Crippen LogP contribution in [0.2, 0.25) is 0 Å². The number of fused-ring (bicyclic) bond motifs is 3. The normalized spacial score (nSPS) is 25.1. The van der Waals surface area contributed by atoms with Crippen molar-refractivity contribution in [2.75, 3.05) is 0 Å². The summed E-state index contributed by atoms with van der Waals surface area (Å²) in [6, 6.07) is 19.6. The lowest BCUT2D eigenvalue weighted by atomic mass is 9.51. The Morgan fingerprint density at radius 2 is 1.78 bits per heavy atom. The first kappa shape index (κ1) is 25.4. The van der Waals surface area contributed by atoms with Gasteiger partial charge in [0.05, 0.1) is 5.41 Å². The van der Waals surface area contributed by atoms with Gasteiger partial charge in [0.15, 0.2) is 5.78 Å². The van der Waals surface area contributed by atoms with Crippen LogP contribution in [0.4, 0.5) is 13.2 Å². The molecule has 1 saturated carbocycles. The van der Waals surface area contributed by atoms with Crippen molar-refractivity contribution in [1.29, 1.82) is 0 Å². The fourth-order valence-corrected chi connectivity index (χ4v) is 6.40. The molecule has 0 amide bonds. The van der Waals surface area contributed by atoms with Gasteiger partial charge in [0.2, 0.25) is 0 Å². The van der Waals surface area contributed by atoms with Gasteiger partial charge < -0.3 is 0 Å². The summed E-state index contributed by atoms with van der Waals surface area (Å²) >= 11 is 0. The fourth-order valence-electron chi connectivity index (χ4n) is 6.40. The molecule has 2 aliphatic carbocycles. The second-order valence-corrected chi connectivity index (χ2v) is 11.1. The van der Waals surface area contributed by atoms with Crippen LogP contribution in [0.5, 0.6) is 0 Å². The minimum Gasteiger partial charge on any atom is -0.294 e. The number of allylic oxidation sites excluding steroid dienone is 2.